The van der Waals surface area contributed by atoms with E-state index in [0.717, 1.165) is 25.9 Å². The van der Waals surface area contributed by atoms with Crippen molar-refractivity contribution in [3.05, 3.63) is 0 Å². The molecule has 2 fully saturated rings. The molecule has 1 amide bonds. The van der Waals surface area contributed by atoms with Gasteiger partial charge in [-0.15, -0.1) is 0 Å². The minimum Gasteiger partial charge on any atom is -0.481 e. The molecule has 0 bridgehead atoms. The number of hydrogen-bond acceptors (Lipinski definition) is 4. The first-order valence-corrected chi connectivity index (χ1v) is 7.68. The van der Waals surface area contributed by atoms with E-state index < -0.39 is 17.5 Å². The normalized spacial score (nSPS) is 31.1. The van der Waals surface area contributed by atoms with Crippen molar-refractivity contribution >= 4 is 11.9 Å². The van der Waals surface area contributed by atoms with Gasteiger partial charge in [-0.1, -0.05) is 0 Å². The molecular formula is C15H25NO5. The molecule has 6 heteroatoms. The summed E-state index contributed by atoms with van der Waals surface area (Å²) in [6, 6.07) is 0. The van der Waals surface area contributed by atoms with Crippen LogP contribution in [0.4, 0.5) is 0 Å². The van der Waals surface area contributed by atoms with Crippen molar-refractivity contribution in [2.45, 2.75) is 51.7 Å². The van der Waals surface area contributed by atoms with Gasteiger partial charge in [-0.3, -0.25) is 9.59 Å². The zero-order valence-corrected chi connectivity index (χ0v) is 12.8. The Labute approximate surface area is 125 Å². The van der Waals surface area contributed by atoms with Crippen LogP contribution in [0, 0.1) is 5.41 Å². The van der Waals surface area contributed by atoms with Crippen molar-refractivity contribution in [1.82, 2.24) is 4.90 Å². The summed E-state index contributed by atoms with van der Waals surface area (Å²) in [5.74, 6) is -0.974. The standard InChI is InChI=1S/C15H25NO5/c1-11(21-9-12-5-3-4-8-20-12)13(17)16-7-6-15(2,10-16)14(18)19/h11-12H,3-10H2,1-2H3,(H,18,19)/t11-,12-,15-/m0/s1. The molecule has 0 radical (unpaired) electrons. The largest absolute Gasteiger partial charge is 0.481 e. The SMILES string of the molecule is C[C@H](OC[C@@H]1CCCCO1)C(=O)N1CC[C@](C)(C(=O)O)C1. The molecule has 0 unspecified atom stereocenters. The Morgan fingerprint density at radius 1 is 1.48 bits per heavy atom. The maximum atomic E-state index is 12.3. The number of ether oxygens (including phenoxy) is 2. The van der Waals surface area contributed by atoms with Gasteiger partial charge in [0, 0.05) is 19.7 Å². The van der Waals surface area contributed by atoms with Crippen LogP contribution in [0.2, 0.25) is 0 Å². The predicted octanol–water partition coefficient (Wildman–Crippen LogP) is 1.28. The van der Waals surface area contributed by atoms with Crippen LogP contribution in [-0.2, 0) is 19.1 Å². The number of rotatable bonds is 5. The zero-order chi connectivity index (χ0) is 15.5. The summed E-state index contributed by atoms with van der Waals surface area (Å²) in [5, 5.41) is 9.20. The molecule has 0 saturated carbocycles. The lowest BCUT2D eigenvalue weighted by Crippen LogP contribution is -2.41. The number of carboxylic acid groups (broad SMARTS) is 1. The summed E-state index contributed by atoms with van der Waals surface area (Å²) in [6.07, 6.45) is 3.23. The second kappa shape index (κ2) is 6.75. The molecule has 1 N–H and O–H groups in total. The summed E-state index contributed by atoms with van der Waals surface area (Å²) in [4.78, 5) is 25.1. The minimum absolute atomic E-state index is 0.0804. The van der Waals surface area contributed by atoms with E-state index in [1.165, 1.54) is 0 Å². The molecule has 6 nitrogen and oxygen atoms in total. The van der Waals surface area contributed by atoms with Gasteiger partial charge >= 0.3 is 5.97 Å². The van der Waals surface area contributed by atoms with Gasteiger partial charge in [0.15, 0.2) is 0 Å². The van der Waals surface area contributed by atoms with Crippen LogP contribution in [-0.4, -0.2) is 60.4 Å². The number of amides is 1. The van der Waals surface area contributed by atoms with E-state index in [-0.39, 0.29) is 18.6 Å². The molecule has 2 saturated heterocycles. The molecule has 0 aromatic carbocycles. The van der Waals surface area contributed by atoms with Gasteiger partial charge in [-0.25, -0.2) is 0 Å². The van der Waals surface area contributed by atoms with Gasteiger partial charge in [0.2, 0.25) is 0 Å². The predicted molar refractivity (Wildman–Crippen MR) is 75.9 cm³/mol. The molecule has 2 rings (SSSR count). The van der Waals surface area contributed by atoms with Crippen LogP contribution < -0.4 is 0 Å². The Kier molecular flexibility index (Phi) is 5.22. The van der Waals surface area contributed by atoms with Crippen LogP contribution in [0.15, 0.2) is 0 Å². The number of hydrogen-bond donors (Lipinski definition) is 1. The van der Waals surface area contributed by atoms with Gasteiger partial charge in [0.25, 0.3) is 5.91 Å². The Morgan fingerprint density at radius 3 is 2.81 bits per heavy atom. The Bertz CT molecular complexity index is 394. The summed E-state index contributed by atoms with van der Waals surface area (Å²) in [6.45, 7) is 5.34. The lowest BCUT2D eigenvalue weighted by Gasteiger charge is -2.26. The molecule has 0 aliphatic carbocycles. The maximum absolute atomic E-state index is 12.3. The molecule has 120 valence electrons. The highest BCUT2D eigenvalue weighted by atomic mass is 16.5. The molecular weight excluding hydrogens is 274 g/mol. The summed E-state index contributed by atoms with van der Waals surface area (Å²) >= 11 is 0. The Morgan fingerprint density at radius 2 is 2.24 bits per heavy atom. The fraction of sp³-hybridized carbons (Fsp3) is 0.867. The third-order valence-corrected chi connectivity index (χ3v) is 4.46. The van der Waals surface area contributed by atoms with E-state index >= 15 is 0 Å². The lowest BCUT2D eigenvalue weighted by atomic mass is 9.90. The van der Waals surface area contributed by atoms with Gasteiger partial charge in [0.05, 0.1) is 18.1 Å². The van der Waals surface area contributed by atoms with E-state index in [0.29, 0.717) is 19.6 Å². The maximum Gasteiger partial charge on any atom is 0.311 e. The second-order valence-electron chi connectivity index (χ2n) is 6.34. The molecule has 3 atom stereocenters. The second-order valence-corrected chi connectivity index (χ2v) is 6.34. The monoisotopic (exact) mass is 299 g/mol. The lowest BCUT2D eigenvalue weighted by molar-refractivity contribution is -0.149. The summed E-state index contributed by atoms with van der Waals surface area (Å²) < 4.78 is 11.2. The van der Waals surface area contributed by atoms with E-state index in [1.807, 2.05) is 0 Å². The average Bonchev–Trinajstić information content (AvgIpc) is 2.89. The number of aliphatic carboxylic acids is 1. The number of nitrogens with zero attached hydrogens (tertiary/aromatic N) is 1. The third-order valence-electron chi connectivity index (χ3n) is 4.46. The molecule has 2 heterocycles. The average molecular weight is 299 g/mol. The fourth-order valence-electron chi connectivity index (χ4n) is 2.84. The van der Waals surface area contributed by atoms with E-state index in [2.05, 4.69) is 0 Å². The first-order valence-electron chi connectivity index (χ1n) is 7.68. The van der Waals surface area contributed by atoms with Crippen LogP contribution in [0.1, 0.15) is 39.5 Å². The fourth-order valence-corrected chi connectivity index (χ4v) is 2.84. The quantitative estimate of drug-likeness (QED) is 0.827. The topological polar surface area (TPSA) is 76.1 Å². The van der Waals surface area contributed by atoms with Crippen molar-refractivity contribution in [2.24, 2.45) is 5.41 Å². The zero-order valence-electron chi connectivity index (χ0n) is 12.8. The van der Waals surface area contributed by atoms with Crippen LogP contribution in [0.3, 0.4) is 0 Å². The molecule has 2 aliphatic rings. The highest BCUT2D eigenvalue weighted by molar-refractivity contribution is 5.83. The number of carboxylic acids is 1. The number of likely N-dealkylation sites (tertiary alicyclic amines) is 1. The first kappa shape index (κ1) is 16.2. The van der Waals surface area contributed by atoms with Crippen LogP contribution in [0.5, 0.6) is 0 Å². The van der Waals surface area contributed by atoms with Crippen LogP contribution >= 0.6 is 0 Å². The van der Waals surface area contributed by atoms with E-state index in [1.54, 1.807) is 18.7 Å². The van der Waals surface area contributed by atoms with E-state index in [4.69, 9.17) is 9.47 Å². The molecule has 2 aliphatic heterocycles. The van der Waals surface area contributed by atoms with Crippen molar-refractivity contribution in [3.63, 3.8) is 0 Å². The summed E-state index contributed by atoms with van der Waals surface area (Å²) in [7, 11) is 0. The number of carbonyl (C=O) groups excluding carboxylic acids is 1. The van der Waals surface area contributed by atoms with Crippen molar-refractivity contribution < 1.29 is 24.2 Å². The first-order chi connectivity index (χ1) is 9.92. The highest BCUT2D eigenvalue weighted by Gasteiger charge is 2.43. The molecule has 0 aromatic rings. The van der Waals surface area contributed by atoms with Crippen molar-refractivity contribution in [1.29, 1.82) is 0 Å². The van der Waals surface area contributed by atoms with Crippen LogP contribution in [0.25, 0.3) is 0 Å². The van der Waals surface area contributed by atoms with Gasteiger partial charge in [0.1, 0.15) is 6.10 Å². The van der Waals surface area contributed by atoms with Gasteiger partial charge in [-0.2, -0.15) is 0 Å². The van der Waals surface area contributed by atoms with E-state index in [9.17, 15) is 14.7 Å². The number of carbonyl (C=O) groups is 2. The smallest absolute Gasteiger partial charge is 0.311 e. The highest BCUT2D eigenvalue weighted by Crippen LogP contribution is 2.30. The summed E-state index contributed by atoms with van der Waals surface area (Å²) in [5.41, 5.74) is -0.831. The Balaban J connectivity index is 1.78. The molecule has 0 aromatic heterocycles. The van der Waals surface area contributed by atoms with Crippen molar-refractivity contribution in [3.8, 4) is 0 Å². The Hall–Kier alpha value is -1.14. The third kappa shape index (κ3) is 3.95. The molecule has 0 spiro atoms. The van der Waals surface area contributed by atoms with Gasteiger partial charge in [-0.05, 0) is 39.5 Å². The van der Waals surface area contributed by atoms with Gasteiger partial charge < -0.3 is 19.5 Å². The molecule has 21 heavy (non-hydrogen) atoms. The minimum atomic E-state index is -0.845. The van der Waals surface area contributed by atoms with Crippen molar-refractivity contribution in [2.75, 3.05) is 26.3 Å².